The number of benzene rings is 4. The molecular formula is C34H24Cl2N2. The Hall–Kier alpha value is -3.98. The van der Waals surface area contributed by atoms with E-state index in [1.54, 1.807) is 6.07 Å². The van der Waals surface area contributed by atoms with Gasteiger partial charge in [-0.25, -0.2) is 9.97 Å². The summed E-state index contributed by atoms with van der Waals surface area (Å²) in [6, 6.07) is 34.7. The van der Waals surface area contributed by atoms with E-state index in [0.29, 0.717) is 15.9 Å². The van der Waals surface area contributed by atoms with E-state index in [4.69, 9.17) is 33.2 Å². The number of allylic oxidation sites excluding steroid dienone is 4. The summed E-state index contributed by atoms with van der Waals surface area (Å²) in [6.45, 7) is 0. The van der Waals surface area contributed by atoms with Crippen molar-refractivity contribution in [1.82, 2.24) is 9.97 Å². The van der Waals surface area contributed by atoms with Crippen LogP contribution in [0.25, 0.3) is 50.6 Å². The maximum atomic E-state index is 6.39. The van der Waals surface area contributed by atoms with E-state index in [2.05, 4.69) is 91.0 Å². The van der Waals surface area contributed by atoms with E-state index in [1.165, 1.54) is 11.1 Å². The zero-order chi connectivity index (χ0) is 25.9. The quantitative estimate of drug-likeness (QED) is 0.226. The topological polar surface area (TPSA) is 25.8 Å². The van der Waals surface area contributed by atoms with Crippen LogP contribution in [0, 0.1) is 0 Å². The third kappa shape index (κ3) is 5.06. The summed E-state index contributed by atoms with van der Waals surface area (Å²) in [6.07, 6.45) is 8.57. The first-order chi connectivity index (χ1) is 18.7. The van der Waals surface area contributed by atoms with Crippen LogP contribution in [0.3, 0.4) is 0 Å². The largest absolute Gasteiger partial charge is 0.228 e. The van der Waals surface area contributed by atoms with Crippen LogP contribution in [0.4, 0.5) is 0 Å². The molecular weight excluding hydrogens is 507 g/mol. The van der Waals surface area contributed by atoms with E-state index >= 15 is 0 Å². The van der Waals surface area contributed by atoms with Crippen molar-refractivity contribution in [2.45, 2.75) is 12.8 Å². The van der Waals surface area contributed by atoms with Crippen LogP contribution in [0.1, 0.15) is 18.4 Å². The molecule has 1 aromatic heterocycles. The van der Waals surface area contributed by atoms with Gasteiger partial charge in [0.2, 0.25) is 0 Å². The zero-order valence-corrected chi connectivity index (χ0v) is 22.1. The highest BCUT2D eigenvalue weighted by Crippen LogP contribution is 2.37. The van der Waals surface area contributed by atoms with E-state index in [1.807, 2.05) is 24.3 Å². The molecule has 1 aliphatic carbocycles. The zero-order valence-electron chi connectivity index (χ0n) is 20.6. The molecule has 184 valence electrons. The van der Waals surface area contributed by atoms with Crippen molar-refractivity contribution >= 4 is 28.8 Å². The molecule has 1 aliphatic rings. The molecule has 0 saturated carbocycles. The van der Waals surface area contributed by atoms with Crippen molar-refractivity contribution in [1.29, 1.82) is 0 Å². The molecule has 0 atom stereocenters. The lowest BCUT2D eigenvalue weighted by Gasteiger charge is -2.16. The Bertz CT molecular complexity index is 1670. The molecule has 0 amide bonds. The number of nitrogens with zero attached hydrogens (tertiary/aromatic N) is 2. The molecule has 4 aromatic carbocycles. The summed E-state index contributed by atoms with van der Waals surface area (Å²) in [5.41, 5.74) is 9.32. The number of aromatic nitrogens is 2. The highest BCUT2D eigenvalue weighted by atomic mass is 35.5. The first kappa shape index (κ1) is 24.4. The molecule has 5 aromatic rings. The Morgan fingerprint density at radius 3 is 1.76 bits per heavy atom. The van der Waals surface area contributed by atoms with Crippen LogP contribution in [0.15, 0.2) is 121 Å². The number of rotatable bonds is 5. The third-order valence-corrected chi connectivity index (χ3v) is 7.13. The lowest BCUT2D eigenvalue weighted by Crippen LogP contribution is -1.99. The summed E-state index contributed by atoms with van der Waals surface area (Å²) in [7, 11) is 0. The molecule has 0 aliphatic heterocycles. The second kappa shape index (κ2) is 10.8. The second-order valence-corrected chi connectivity index (χ2v) is 10.1. The SMILES string of the molecule is Clc1cc(Cl)cc(-c2nc(-c3ccccc3C3=CC=CCC3)cc(-c3ccccc3-c3ccccc3)n2)c1. The highest BCUT2D eigenvalue weighted by Gasteiger charge is 2.17. The summed E-state index contributed by atoms with van der Waals surface area (Å²) in [5, 5.41) is 1.10. The molecule has 6 rings (SSSR count). The summed E-state index contributed by atoms with van der Waals surface area (Å²) >= 11 is 12.8. The molecule has 0 bridgehead atoms. The van der Waals surface area contributed by atoms with E-state index < -0.39 is 0 Å². The van der Waals surface area contributed by atoms with Gasteiger partial charge in [0.15, 0.2) is 5.82 Å². The molecule has 2 nitrogen and oxygen atoms in total. The van der Waals surface area contributed by atoms with Crippen LogP contribution in [-0.2, 0) is 0 Å². The number of hydrogen-bond donors (Lipinski definition) is 0. The molecule has 0 radical (unpaired) electrons. The van der Waals surface area contributed by atoms with Crippen molar-refractivity contribution in [3.63, 3.8) is 0 Å². The van der Waals surface area contributed by atoms with Gasteiger partial charge < -0.3 is 0 Å². The Morgan fingerprint density at radius 2 is 1.13 bits per heavy atom. The lowest BCUT2D eigenvalue weighted by atomic mass is 9.91. The fourth-order valence-corrected chi connectivity index (χ4v) is 5.45. The highest BCUT2D eigenvalue weighted by molar-refractivity contribution is 6.35. The summed E-state index contributed by atoms with van der Waals surface area (Å²) < 4.78 is 0. The van der Waals surface area contributed by atoms with Crippen LogP contribution in [0.5, 0.6) is 0 Å². The minimum Gasteiger partial charge on any atom is -0.228 e. The Balaban J connectivity index is 1.60. The predicted molar refractivity (Wildman–Crippen MR) is 160 cm³/mol. The van der Waals surface area contributed by atoms with Gasteiger partial charge in [-0.3, -0.25) is 0 Å². The molecule has 38 heavy (non-hydrogen) atoms. The van der Waals surface area contributed by atoms with Gasteiger partial charge in [-0.2, -0.15) is 0 Å². The Labute approximate surface area is 233 Å². The minimum atomic E-state index is 0.548. The first-order valence-electron chi connectivity index (χ1n) is 12.6. The monoisotopic (exact) mass is 530 g/mol. The number of halogens is 2. The van der Waals surface area contributed by atoms with Gasteiger partial charge in [0, 0.05) is 26.7 Å². The Morgan fingerprint density at radius 1 is 0.553 bits per heavy atom. The second-order valence-electron chi connectivity index (χ2n) is 9.24. The van der Waals surface area contributed by atoms with Crippen molar-refractivity contribution < 1.29 is 0 Å². The molecule has 0 fully saturated rings. The first-order valence-corrected chi connectivity index (χ1v) is 13.4. The van der Waals surface area contributed by atoms with E-state index in [0.717, 1.165) is 52.0 Å². The van der Waals surface area contributed by atoms with Gasteiger partial charge in [0.25, 0.3) is 0 Å². The average Bonchev–Trinajstić information content (AvgIpc) is 2.97. The van der Waals surface area contributed by atoms with Gasteiger partial charge in [-0.15, -0.1) is 0 Å². The van der Waals surface area contributed by atoms with Gasteiger partial charge in [-0.05, 0) is 59.4 Å². The van der Waals surface area contributed by atoms with Crippen LogP contribution >= 0.6 is 23.2 Å². The molecule has 0 saturated heterocycles. The average molecular weight is 531 g/mol. The molecule has 4 heteroatoms. The van der Waals surface area contributed by atoms with E-state index in [9.17, 15) is 0 Å². The van der Waals surface area contributed by atoms with Crippen molar-refractivity contribution in [3.05, 3.63) is 137 Å². The van der Waals surface area contributed by atoms with E-state index in [-0.39, 0.29) is 0 Å². The molecule has 0 N–H and O–H groups in total. The molecule has 0 unspecified atom stereocenters. The van der Waals surface area contributed by atoms with Crippen LogP contribution < -0.4 is 0 Å². The maximum absolute atomic E-state index is 6.39. The van der Waals surface area contributed by atoms with Gasteiger partial charge in [-0.1, -0.05) is 120 Å². The number of hydrogen-bond acceptors (Lipinski definition) is 2. The smallest absolute Gasteiger partial charge is 0.160 e. The normalized spacial score (nSPS) is 12.8. The maximum Gasteiger partial charge on any atom is 0.160 e. The molecule has 0 spiro atoms. The summed E-state index contributed by atoms with van der Waals surface area (Å²) in [5.74, 6) is 0.581. The standard InChI is InChI=1S/C34H24Cl2N2/c35-26-19-25(20-27(36)21-26)34-37-32(30-17-9-7-15-28(30)23-11-3-1-4-12-23)22-33(38-34)31-18-10-8-16-29(31)24-13-5-2-6-14-24/h1-5,7-13,15-22H,6,14H2. The fraction of sp³-hybridized carbons (Fsp3) is 0.0588. The van der Waals surface area contributed by atoms with Crippen molar-refractivity contribution in [2.75, 3.05) is 0 Å². The van der Waals surface area contributed by atoms with Gasteiger partial charge in [0.1, 0.15) is 0 Å². The predicted octanol–water partition coefficient (Wildman–Crippen LogP) is 10.2. The third-order valence-electron chi connectivity index (χ3n) is 6.70. The lowest BCUT2D eigenvalue weighted by molar-refractivity contribution is 1.05. The molecule has 1 heterocycles. The van der Waals surface area contributed by atoms with Crippen LogP contribution in [-0.4, -0.2) is 9.97 Å². The van der Waals surface area contributed by atoms with Gasteiger partial charge >= 0.3 is 0 Å². The summed E-state index contributed by atoms with van der Waals surface area (Å²) in [4.78, 5) is 10.1. The van der Waals surface area contributed by atoms with Crippen molar-refractivity contribution in [2.24, 2.45) is 0 Å². The van der Waals surface area contributed by atoms with Gasteiger partial charge in [0.05, 0.1) is 11.4 Å². The fourth-order valence-electron chi connectivity index (χ4n) is 4.92. The minimum absolute atomic E-state index is 0.548. The Kier molecular flexibility index (Phi) is 6.92. The van der Waals surface area contributed by atoms with Crippen molar-refractivity contribution in [3.8, 4) is 45.0 Å². The van der Waals surface area contributed by atoms with Crippen LogP contribution in [0.2, 0.25) is 10.0 Å².